The molecule has 0 fully saturated rings. The highest BCUT2D eigenvalue weighted by Gasteiger charge is 2.12. The average Bonchev–Trinajstić information content (AvgIpc) is 1.91. The van der Waals surface area contributed by atoms with Crippen LogP contribution < -0.4 is 4.74 Å². The van der Waals surface area contributed by atoms with E-state index in [1.54, 1.807) is 0 Å². The highest BCUT2D eigenvalue weighted by atomic mass is 31.1. The van der Waals surface area contributed by atoms with Crippen molar-refractivity contribution in [3.63, 3.8) is 0 Å². The van der Waals surface area contributed by atoms with Gasteiger partial charge in [0.25, 0.3) is 0 Å². The second-order valence-corrected chi connectivity index (χ2v) is 7.43. The number of ether oxygens (including phenoxy) is 1. The van der Waals surface area contributed by atoms with Gasteiger partial charge in [0.2, 0.25) is 0 Å². The lowest BCUT2D eigenvalue weighted by Crippen LogP contribution is -2.10. The minimum absolute atomic E-state index is 0.355. The molecule has 0 spiro atoms. The number of rotatable bonds is 2. The third-order valence-corrected chi connectivity index (χ3v) is 1.73. The molecule has 1 nitrogen and oxygen atoms in total. The second kappa shape index (κ2) is 4.01. The van der Waals surface area contributed by atoms with E-state index in [4.69, 9.17) is 4.74 Å². The van der Waals surface area contributed by atoms with E-state index in [9.17, 15) is 0 Å². The van der Waals surface area contributed by atoms with Gasteiger partial charge in [0.05, 0.1) is 0 Å². The van der Waals surface area contributed by atoms with E-state index in [0.29, 0.717) is 0 Å². The topological polar surface area (TPSA) is 9.23 Å². The van der Waals surface area contributed by atoms with Crippen LogP contribution in [0.15, 0.2) is 24.3 Å². The summed E-state index contributed by atoms with van der Waals surface area (Å²) in [5, 5.41) is 0. The standard InChI is InChI=1S/C8H13OP3/c1-6-4-2-3-5-7(6)9-8(10,11)12/h2-5H,10-12H2,1H3. The van der Waals surface area contributed by atoms with Crippen LogP contribution in [-0.4, -0.2) is 4.82 Å². The second-order valence-electron chi connectivity index (χ2n) is 2.72. The molecule has 0 aliphatic heterocycles. The zero-order valence-corrected chi connectivity index (χ0v) is 10.4. The van der Waals surface area contributed by atoms with Crippen LogP contribution >= 0.6 is 27.7 Å². The third-order valence-electron chi connectivity index (χ3n) is 1.38. The average molecular weight is 218 g/mol. The molecule has 3 unspecified atom stereocenters. The van der Waals surface area contributed by atoms with Crippen molar-refractivity contribution < 1.29 is 4.74 Å². The van der Waals surface area contributed by atoms with E-state index in [0.717, 1.165) is 11.3 Å². The first-order valence-electron chi connectivity index (χ1n) is 3.60. The first-order valence-corrected chi connectivity index (χ1v) is 5.33. The van der Waals surface area contributed by atoms with Crippen molar-refractivity contribution in [3.05, 3.63) is 29.8 Å². The van der Waals surface area contributed by atoms with Crippen molar-refractivity contribution in [2.75, 3.05) is 0 Å². The predicted molar refractivity (Wildman–Crippen MR) is 63.7 cm³/mol. The molecule has 4 heteroatoms. The molecule has 0 aromatic heterocycles. The van der Waals surface area contributed by atoms with Gasteiger partial charge in [0.15, 0.2) is 0 Å². The molecule has 66 valence electrons. The summed E-state index contributed by atoms with van der Waals surface area (Å²) >= 11 is 0. The van der Waals surface area contributed by atoms with Gasteiger partial charge in [-0.2, -0.15) is 0 Å². The quantitative estimate of drug-likeness (QED) is 0.693. The molecule has 0 saturated carbocycles. The van der Waals surface area contributed by atoms with Crippen molar-refractivity contribution in [3.8, 4) is 5.75 Å². The molecule has 3 atom stereocenters. The van der Waals surface area contributed by atoms with Gasteiger partial charge in [-0.05, 0) is 18.6 Å². The fourth-order valence-corrected chi connectivity index (χ4v) is 1.24. The van der Waals surface area contributed by atoms with Gasteiger partial charge in [-0.3, -0.25) is 0 Å². The molecule has 1 aromatic carbocycles. The van der Waals surface area contributed by atoms with Gasteiger partial charge in [-0.25, -0.2) is 0 Å². The van der Waals surface area contributed by atoms with E-state index < -0.39 is 0 Å². The number of para-hydroxylation sites is 1. The molecular formula is C8H13OP3. The van der Waals surface area contributed by atoms with E-state index >= 15 is 0 Å². The fraction of sp³-hybridized carbons (Fsp3) is 0.250. The van der Waals surface area contributed by atoms with Crippen LogP contribution in [0.4, 0.5) is 0 Å². The molecular weight excluding hydrogens is 205 g/mol. The monoisotopic (exact) mass is 218 g/mol. The van der Waals surface area contributed by atoms with Crippen LogP contribution in [0.1, 0.15) is 5.56 Å². The number of hydrogen-bond donors (Lipinski definition) is 0. The lowest BCUT2D eigenvalue weighted by atomic mass is 10.2. The molecule has 0 aliphatic carbocycles. The molecule has 0 N–H and O–H groups in total. The zero-order chi connectivity index (χ0) is 9.19. The Morgan fingerprint density at radius 3 is 2.25 bits per heavy atom. The maximum Gasteiger partial charge on any atom is 0.145 e. The first-order chi connectivity index (χ1) is 5.49. The summed E-state index contributed by atoms with van der Waals surface area (Å²) in [5.41, 5.74) is 1.15. The molecule has 0 heterocycles. The summed E-state index contributed by atoms with van der Waals surface area (Å²) in [6.07, 6.45) is 0. The number of hydrogen-bond acceptors (Lipinski definition) is 1. The van der Waals surface area contributed by atoms with E-state index in [1.807, 2.05) is 31.2 Å². The van der Waals surface area contributed by atoms with E-state index in [-0.39, 0.29) is 4.82 Å². The van der Waals surface area contributed by atoms with Gasteiger partial charge < -0.3 is 4.74 Å². The van der Waals surface area contributed by atoms with Gasteiger partial charge in [-0.15, -0.1) is 0 Å². The summed E-state index contributed by atoms with van der Waals surface area (Å²) in [7, 11) is 7.77. The highest BCUT2D eigenvalue weighted by Crippen LogP contribution is 2.37. The summed E-state index contributed by atoms with van der Waals surface area (Å²) in [6.45, 7) is 2.03. The first kappa shape index (κ1) is 10.4. The number of benzene rings is 1. The van der Waals surface area contributed by atoms with E-state index in [2.05, 4.69) is 27.7 Å². The predicted octanol–water partition coefficient (Wildman–Crippen LogP) is 2.61. The summed E-state index contributed by atoms with van der Waals surface area (Å²) in [5.74, 6) is 0.914. The Bertz CT molecular complexity index is 267. The Hall–Kier alpha value is 0.310. The normalized spacial score (nSPS) is 11.3. The fourth-order valence-electron chi connectivity index (χ4n) is 0.861. The van der Waals surface area contributed by atoms with Crippen LogP contribution in [-0.2, 0) is 0 Å². The van der Waals surface area contributed by atoms with Gasteiger partial charge in [0, 0.05) is 0 Å². The largest absolute Gasteiger partial charge is 0.476 e. The Balaban J connectivity index is 2.83. The molecule has 0 amide bonds. The molecule has 1 aromatic rings. The SMILES string of the molecule is Cc1ccccc1OC(P)(P)P. The summed E-state index contributed by atoms with van der Waals surface area (Å²) in [6, 6.07) is 7.95. The number of aryl methyl sites for hydroxylation is 1. The molecule has 0 radical (unpaired) electrons. The van der Waals surface area contributed by atoms with E-state index in [1.165, 1.54) is 0 Å². The molecule has 0 aliphatic rings. The lowest BCUT2D eigenvalue weighted by molar-refractivity contribution is 0.335. The van der Waals surface area contributed by atoms with Crippen LogP contribution in [0.3, 0.4) is 0 Å². The van der Waals surface area contributed by atoms with Crippen LogP contribution in [0, 0.1) is 6.92 Å². The highest BCUT2D eigenvalue weighted by molar-refractivity contribution is 7.56. The summed E-state index contributed by atoms with van der Waals surface area (Å²) in [4.78, 5) is -0.355. The minimum atomic E-state index is -0.355. The van der Waals surface area contributed by atoms with Crippen LogP contribution in [0.5, 0.6) is 5.75 Å². The van der Waals surface area contributed by atoms with Crippen LogP contribution in [0.2, 0.25) is 0 Å². The van der Waals surface area contributed by atoms with Gasteiger partial charge in [-0.1, -0.05) is 45.9 Å². The van der Waals surface area contributed by atoms with Crippen molar-refractivity contribution in [1.29, 1.82) is 0 Å². The van der Waals surface area contributed by atoms with Gasteiger partial charge in [0.1, 0.15) is 10.6 Å². The maximum atomic E-state index is 5.62. The third kappa shape index (κ3) is 3.36. The van der Waals surface area contributed by atoms with Crippen molar-refractivity contribution in [2.45, 2.75) is 11.7 Å². The Morgan fingerprint density at radius 1 is 1.17 bits per heavy atom. The maximum absolute atomic E-state index is 5.62. The molecule has 0 bridgehead atoms. The summed E-state index contributed by atoms with van der Waals surface area (Å²) < 4.78 is 5.62. The zero-order valence-electron chi connectivity index (χ0n) is 6.95. The smallest absolute Gasteiger partial charge is 0.145 e. The van der Waals surface area contributed by atoms with Crippen molar-refractivity contribution in [1.82, 2.24) is 0 Å². The van der Waals surface area contributed by atoms with Crippen LogP contribution in [0.25, 0.3) is 0 Å². The molecule has 12 heavy (non-hydrogen) atoms. The molecule has 0 saturated heterocycles. The Kier molecular flexibility index (Phi) is 3.47. The Morgan fingerprint density at radius 2 is 1.75 bits per heavy atom. The van der Waals surface area contributed by atoms with Crippen molar-refractivity contribution >= 4 is 27.7 Å². The minimum Gasteiger partial charge on any atom is -0.476 e. The lowest BCUT2D eigenvalue weighted by Gasteiger charge is -2.21. The Labute approximate surface area is 80.3 Å². The van der Waals surface area contributed by atoms with Crippen molar-refractivity contribution in [2.24, 2.45) is 0 Å². The van der Waals surface area contributed by atoms with Gasteiger partial charge >= 0.3 is 0 Å². The molecule has 1 rings (SSSR count).